The van der Waals surface area contributed by atoms with Crippen LogP contribution in [0.5, 0.6) is 0 Å². The molecule has 1 saturated heterocycles. The number of pyridine rings is 1. The van der Waals surface area contributed by atoms with Gasteiger partial charge in [0.1, 0.15) is 5.82 Å². The van der Waals surface area contributed by atoms with Crippen LogP contribution in [-0.2, 0) is 6.42 Å². The van der Waals surface area contributed by atoms with E-state index in [2.05, 4.69) is 20.3 Å². The van der Waals surface area contributed by atoms with Crippen LogP contribution in [0.2, 0.25) is 0 Å². The van der Waals surface area contributed by atoms with Gasteiger partial charge in [-0.2, -0.15) is 4.39 Å². The van der Waals surface area contributed by atoms with Crippen molar-refractivity contribution < 1.29 is 13.6 Å². The largest absolute Gasteiger partial charge is 0.396 e. The number of amides is 2. The Morgan fingerprint density at radius 1 is 1.21 bits per heavy atom. The normalized spacial score (nSPS) is 14.0. The predicted molar refractivity (Wildman–Crippen MR) is 102 cm³/mol. The number of hydrogen-bond acceptors (Lipinski definition) is 6. The van der Waals surface area contributed by atoms with E-state index in [0.29, 0.717) is 41.6 Å². The number of hydrogen-bond donors (Lipinski definition) is 2. The van der Waals surface area contributed by atoms with Crippen LogP contribution in [0.1, 0.15) is 5.82 Å². The van der Waals surface area contributed by atoms with Gasteiger partial charge < -0.3 is 10.6 Å². The zero-order valence-corrected chi connectivity index (χ0v) is 15.4. The molecule has 28 heavy (non-hydrogen) atoms. The van der Waals surface area contributed by atoms with Crippen LogP contribution in [-0.4, -0.2) is 39.0 Å². The molecule has 1 aliphatic heterocycles. The molecule has 10 heteroatoms. The number of halogens is 2. The van der Waals surface area contributed by atoms with E-state index in [1.165, 1.54) is 6.07 Å². The number of aromatic nitrogens is 3. The SMILES string of the molecule is Nc1ccc(-c2ccc(F)s2)nc1NC(=O)N1CC(Cc2ncc(F)cn2)C1. The second kappa shape index (κ2) is 7.47. The Bertz CT molecular complexity index is 1000. The summed E-state index contributed by atoms with van der Waals surface area (Å²) in [5, 5.41) is 2.39. The van der Waals surface area contributed by atoms with Crippen molar-refractivity contribution in [3.8, 4) is 10.6 Å². The number of carbonyl (C=O) groups excluding carboxylic acids is 1. The molecular weight excluding hydrogens is 386 g/mol. The number of nitrogens with zero attached hydrogens (tertiary/aromatic N) is 4. The van der Waals surface area contributed by atoms with E-state index in [-0.39, 0.29) is 22.9 Å². The molecule has 0 unspecified atom stereocenters. The highest BCUT2D eigenvalue weighted by molar-refractivity contribution is 7.13. The molecular formula is C18H16F2N6OS. The zero-order valence-electron chi connectivity index (χ0n) is 14.6. The summed E-state index contributed by atoms with van der Waals surface area (Å²) >= 11 is 0.970. The number of rotatable bonds is 4. The minimum atomic E-state index is -0.476. The molecule has 0 atom stereocenters. The Balaban J connectivity index is 1.36. The van der Waals surface area contributed by atoms with E-state index in [9.17, 15) is 13.6 Å². The van der Waals surface area contributed by atoms with E-state index in [4.69, 9.17) is 5.73 Å². The molecule has 7 nitrogen and oxygen atoms in total. The molecule has 2 amide bonds. The van der Waals surface area contributed by atoms with Crippen molar-refractivity contribution in [3.63, 3.8) is 0 Å². The van der Waals surface area contributed by atoms with Gasteiger partial charge in [0, 0.05) is 25.4 Å². The fourth-order valence-electron chi connectivity index (χ4n) is 2.91. The van der Waals surface area contributed by atoms with Gasteiger partial charge in [0.2, 0.25) is 0 Å². The number of anilines is 2. The molecule has 3 aromatic rings. The minimum absolute atomic E-state index is 0.210. The number of thiophene rings is 1. The molecule has 0 radical (unpaired) electrons. The molecule has 0 saturated carbocycles. The number of nitrogens with one attached hydrogen (secondary N) is 1. The Kier molecular flexibility index (Phi) is 4.86. The standard InChI is InChI=1S/C18H16F2N6OS/c19-11-6-22-16(23-7-11)5-10-8-26(9-10)18(27)25-17-12(21)1-2-13(24-17)14-3-4-15(20)28-14/h1-4,6-7,10H,5,8-9,21H2,(H,24,25,27). The number of carbonyl (C=O) groups is 1. The first-order valence-electron chi connectivity index (χ1n) is 8.52. The first-order chi connectivity index (χ1) is 13.5. The lowest BCUT2D eigenvalue weighted by Gasteiger charge is -2.38. The van der Waals surface area contributed by atoms with Gasteiger partial charge in [-0.3, -0.25) is 5.32 Å². The molecule has 4 heterocycles. The summed E-state index contributed by atoms with van der Waals surface area (Å²) in [6.07, 6.45) is 2.84. The first kappa shape index (κ1) is 18.2. The van der Waals surface area contributed by atoms with Crippen molar-refractivity contribution in [2.75, 3.05) is 24.1 Å². The van der Waals surface area contributed by atoms with Crippen LogP contribution in [0.3, 0.4) is 0 Å². The van der Waals surface area contributed by atoms with Crippen LogP contribution in [0.15, 0.2) is 36.7 Å². The molecule has 1 fully saturated rings. The topological polar surface area (TPSA) is 97.0 Å². The summed E-state index contributed by atoms with van der Waals surface area (Å²) in [7, 11) is 0. The van der Waals surface area contributed by atoms with Gasteiger partial charge in [-0.05, 0) is 24.3 Å². The number of likely N-dealkylation sites (tertiary alicyclic amines) is 1. The second-order valence-electron chi connectivity index (χ2n) is 6.46. The van der Waals surface area contributed by atoms with E-state index < -0.39 is 5.82 Å². The van der Waals surface area contributed by atoms with E-state index in [1.807, 2.05) is 0 Å². The van der Waals surface area contributed by atoms with Crippen LogP contribution in [0.4, 0.5) is 25.1 Å². The van der Waals surface area contributed by atoms with Gasteiger partial charge in [0.05, 0.1) is 28.7 Å². The van der Waals surface area contributed by atoms with Crippen molar-refractivity contribution in [1.82, 2.24) is 19.9 Å². The fourth-order valence-corrected chi connectivity index (χ4v) is 3.61. The molecule has 3 aromatic heterocycles. The monoisotopic (exact) mass is 402 g/mol. The smallest absolute Gasteiger partial charge is 0.323 e. The van der Waals surface area contributed by atoms with Crippen molar-refractivity contribution in [1.29, 1.82) is 0 Å². The summed E-state index contributed by atoms with van der Waals surface area (Å²) in [4.78, 5) is 26.9. The Morgan fingerprint density at radius 2 is 1.96 bits per heavy atom. The van der Waals surface area contributed by atoms with Gasteiger partial charge in [0.25, 0.3) is 0 Å². The average Bonchev–Trinajstić information content (AvgIpc) is 3.07. The lowest BCUT2D eigenvalue weighted by atomic mass is 9.96. The summed E-state index contributed by atoms with van der Waals surface area (Å²) < 4.78 is 26.1. The third kappa shape index (κ3) is 3.91. The van der Waals surface area contributed by atoms with Crippen molar-refractivity contribution in [2.24, 2.45) is 5.92 Å². The number of nitrogens with two attached hydrogens (primary N) is 1. The Morgan fingerprint density at radius 3 is 2.64 bits per heavy atom. The number of urea groups is 1. The quantitative estimate of drug-likeness (QED) is 0.699. The van der Waals surface area contributed by atoms with Gasteiger partial charge in [-0.1, -0.05) is 0 Å². The number of nitrogen functional groups attached to an aromatic ring is 1. The molecule has 3 N–H and O–H groups in total. The summed E-state index contributed by atoms with van der Waals surface area (Å²) in [5.74, 6) is 0.521. The van der Waals surface area contributed by atoms with Crippen molar-refractivity contribution >= 4 is 28.9 Å². The maximum absolute atomic E-state index is 13.2. The van der Waals surface area contributed by atoms with Crippen molar-refractivity contribution in [2.45, 2.75) is 6.42 Å². The molecule has 0 aliphatic carbocycles. The van der Waals surface area contributed by atoms with Gasteiger partial charge >= 0.3 is 6.03 Å². The van der Waals surface area contributed by atoms with Crippen LogP contribution in [0.25, 0.3) is 10.6 Å². The second-order valence-corrected chi connectivity index (χ2v) is 7.49. The van der Waals surface area contributed by atoms with Gasteiger partial charge in [-0.15, -0.1) is 11.3 Å². The predicted octanol–water partition coefficient (Wildman–Crippen LogP) is 3.17. The third-order valence-corrected chi connectivity index (χ3v) is 5.26. The highest BCUT2D eigenvalue weighted by Crippen LogP contribution is 2.29. The molecule has 0 bridgehead atoms. The molecule has 0 spiro atoms. The lowest BCUT2D eigenvalue weighted by molar-refractivity contribution is 0.129. The lowest BCUT2D eigenvalue weighted by Crippen LogP contribution is -2.52. The fraction of sp³-hybridized carbons (Fsp3) is 0.222. The molecule has 1 aliphatic rings. The van der Waals surface area contributed by atoms with Crippen molar-refractivity contribution in [3.05, 3.63) is 53.4 Å². The Hall–Kier alpha value is -3.14. The highest BCUT2D eigenvalue weighted by atomic mass is 32.1. The summed E-state index contributed by atoms with van der Waals surface area (Å²) in [5.41, 5.74) is 6.77. The maximum Gasteiger partial charge on any atom is 0.323 e. The Labute approximate surface area is 163 Å². The van der Waals surface area contributed by atoms with Crippen LogP contribution < -0.4 is 11.1 Å². The average molecular weight is 402 g/mol. The molecule has 144 valence electrons. The maximum atomic E-state index is 13.2. The van der Waals surface area contributed by atoms with E-state index in [1.54, 1.807) is 23.1 Å². The van der Waals surface area contributed by atoms with E-state index >= 15 is 0 Å². The summed E-state index contributed by atoms with van der Waals surface area (Å²) in [6, 6.07) is 5.98. The van der Waals surface area contributed by atoms with Crippen LogP contribution in [0, 0.1) is 16.9 Å². The van der Waals surface area contributed by atoms with Gasteiger partial charge in [-0.25, -0.2) is 24.1 Å². The van der Waals surface area contributed by atoms with Crippen LogP contribution >= 0.6 is 11.3 Å². The summed E-state index contributed by atoms with van der Waals surface area (Å²) in [6.45, 7) is 1.06. The molecule has 0 aromatic carbocycles. The first-order valence-corrected chi connectivity index (χ1v) is 9.34. The third-order valence-electron chi connectivity index (χ3n) is 4.37. The van der Waals surface area contributed by atoms with E-state index in [0.717, 1.165) is 23.7 Å². The molecule has 4 rings (SSSR count). The highest BCUT2D eigenvalue weighted by Gasteiger charge is 2.31. The minimum Gasteiger partial charge on any atom is -0.396 e. The zero-order chi connectivity index (χ0) is 19.7. The van der Waals surface area contributed by atoms with Gasteiger partial charge in [0.15, 0.2) is 16.8 Å².